The minimum atomic E-state index is -0.381. The predicted molar refractivity (Wildman–Crippen MR) is 63.7 cm³/mol. The molecular formula is C13H18F2N2. The Morgan fingerprint density at radius 3 is 2.94 bits per heavy atom. The van der Waals surface area contributed by atoms with Crippen molar-refractivity contribution in [3.05, 3.63) is 35.4 Å². The lowest BCUT2D eigenvalue weighted by molar-refractivity contribution is 0.289. The molecule has 0 spiro atoms. The van der Waals surface area contributed by atoms with Crippen molar-refractivity contribution in [1.82, 2.24) is 10.2 Å². The highest BCUT2D eigenvalue weighted by atomic mass is 19.1. The van der Waals surface area contributed by atoms with Crippen molar-refractivity contribution < 1.29 is 8.78 Å². The highest BCUT2D eigenvalue weighted by Gasteiger charge is 2.16. The lowest BCUT2D eigenvalue weighted by Gasteiger charge is -2.21. The number of hydrogen-bond donors (Lipinski definition) is 1. The van der Waals surface area contributed by atoms with Crippen molar-refractivity contribution in [2.24, 2.45) is 0 Å². The minimum Gasteiger partial charge on any atom is -0.313 e. The van der Waals surface area contributed by atoms with Crippen molar-refractivity contribution in [3.63, 3.8) is 0 Å². The lowest BCUT2D eigenvalue weighted by Crippen LogP contribution is -2.35. The van der Waals surface area contributed by atoms with Gasteiger partial charge in [-0.3, -0.25) is 0 Å². The molecule has 1 N–H and O–H groups in total. The summed E-state index contributed by atoms with van der Waals surface area (Å²) < 4.78 is 26.4. The van der Waals surface area contributed by atoms with Crippen LogP contribution in [-0.4, -0.2) is 31.1 Å². The smallest absolute Gasteiger partial charge is 0.127 e. The molecule has 2 rings (SSSR count). The molecule has 0 saturated carbocycles. The van der Waals surface area contributed by atoms with E-state index in [4.69, 9.17) is 0 Å². The van der Waals surface area contributed by atoms with Crippen LogP contribution in [0.2, 0.25) is 0 Å². The molecule has 1 atom stereocenters. The Morgan fingerprint density at radius 1 is 1.41 bits per heavy atom. The van der Waals surface area contributed by atoms with E-state index in [0.29, 0.717) is 18.2 Å². The number of nitrogens with zero attached hydrogens (tertiary/aromatic N) is 1. The van der Waals surface area contributed by atoms with E-state index in [1.54, 1.807) is 0 Å². The van der Waals surface area contributed by atoms with Crippen molar-refractivity contribution in [1.29, 1.82) is 0 Å². The minimum absolute atomic E-state index is 0.336. The number of likely N-dealkylation sites (N-methyl/N-ethyl adjacent to an activating group) is 1. The van der Waals surface area contributed by atoms with E-state index in [1.807, 2.05) is 11.9 Å². The molecule has 17 heavy (non-hydrogen) atoms. The van der Waals surface area contributed by atoms with Crippen LogP contribution in [0.3, 0.4) is 0 Å². The van der Waals surface area contributed by atoms with Crippen LogP contribution in [0.25, 0.3) is 0 Å². The molecule has 2 nitrogen and oxygen atoms in total. The SMILES string of the molecule is CN(Cc1cc(F)ccc1F)CC1CCCN1. The van der Waals surface area contributed by atoms with E-state index in [2.05, 4.69) is 5.32 Å². The van der Waals surface area contributed by atoms with Gasteiger partial charge in [-0.05, 0) is 44.6 Å². The van der Waals surface area contributed by atoms with E-state index >= 15 is 0 Å². The molecule has 1 aromatic carbocycles. The topological polar surface area (TPSA) is 15.3 Å². The number of nitrogens with one attached hydrogen (secondary N) is 1. The molecule has 1 aliphatic rings. The van der Waals surface area contributed by atoms with E-state index in [0.717, 1.165) is 25.6 Å². The maximum atomic E-state index is 13.4. The zero-order chi connectivity index (χ0) is 12.3. The van der Waals surface area contributed by atoms with Crippen molar-refractivity contribution in [2.75, 3.05) is 20.1 Å². The largest absolute Gasteiger partial charge is 0.313 e. The monoisotopic (exact) mass is 240 g/mol. The van der Waals surface area contributed by atoms with Gasteiger partial charge in [0.1, 0.15) is 11.6 Å². The molecule has 0 bridgehead atoms. The van der Waals surface area contributed by atoms with Gasteiger partial charge in [-0.25, -0.2) is 8.78 Å². The van der Waals surface area contributed by atoms with Crippen molar-refractivity contribution in [2.45, 2.75) is 25.4 Å². The standard InChI is InChI=1S/C13H18F2N2/c1-17(9-12-3-2-6-16-12)8-10-7-11(14)4-5-13(10)15/h4-5,7,12,16H,2-3,6,8-9H2,1H3. The second-order valence-electron chi connectivity index (χ2n) is 4.73. The molecule has 94 valence electrons. The molecule has 4 heteroatoms. The molecular weight excluding hydrogens is 222 g/mol. The first-order valence-electron chi connectivity index (χ1n) is 6.01. The summed E-state index contributed by atoms with van der Waals surface area (Å²) >= 11 is 0. The summed E-state index contributed by atoms with van der Waals surface area (Å²) in [4.78, 5) is 2.03. The van der Waals surface area contributed by atoms with Gasteiger partial charge in [0, 0.05) is 24.7 Å². The van der Waals surface area contributed by atoms with Crippen LogP contribution in [0.1, 0.15) is 18.4 Å². The number of hydrogen-bond acceptors (Lipinski definition) is 2. The molecule has 0 amide bonds. The van der Waals surface area contributed by atoms with Crippen LogP contribution in [0.5, 0.6) is 0 Å². The Bertz CT molecular complexity index is 376. The molecule has 1 saturated heterocycles. The Hall–Kier alpha value is -1.00. The fourth-order valence-electron chi connectivity index (χ4n) is 2.31. The fourth-order valence-corrected chi connectivity index (χ4v) is 2.31. The Morgan fingerprint density at radius 2 is 2.24 bits per heavy atom. The first-order chi connectivity index (χ1) is 8.15. The molecule has 1 unspecified atom stereocenters. The van der Waals surface area contributed by atoms with Crippen molar-refractivity contribution in [3.8, 4) is 0 Å². The lowest BCUT2D eigenvalue weighted by atomic mass is 10.1. The molecule has 1 fully saturated rings. The highest BCUT2D eigenvalue weighted by Crippen LogP contribution is 2.13. The van der Waals surface area contributed by atoms with Gasteiger partial charge in [-0.15, -0.1) is 0 Å². The molecule has 0 radical (unpaired) electrons. The fraction of sp³-hybridized carbons (Fsp3) is 0.538. The molecule has 1 heterocycles. The normalized spacial score (nSPS) is 20.1. The first kappa shape index (κ1) is 12.5. The van der Waals surface area contributed by atoms with Crippen LogP contribution in [-0.2, 0) is 6.54 Å². The van der Waals surface area contributed by atoms with Crippen LogP contribution in [0.4, 0.5) is 8.78 Å². The first-order valence-corrected chi connectivity index (χ1v) is 6.01. The van der Waals surface area contributed by atoms with Crippen LogP contribution < -0.4 is 5.32 Å². The average molecular weight is 240 g/mol. The predicted octanol–water partition coefficient (Wildman–Crippen LogP) is 2.15. The summed E-state index contributed by atoms with van der Waals surface area (Å²) in [6.07, 6.45) is 2.36. The van der Waals surface area contributed by atoms with Gasteiger partial charge in [-0.2, -0.15) is 0 Å². The zero-order valence-corrected chi connectivity index (χ0v) is 10.0. The van der Waals surface area contributed by atoms with Gasteiger partial charge in [0.25, 0.3) is 0 Å². The molecule has 0 aliphatic carbocycles. The quantitative estimate of drug-likeness (QED) is 0.867. The second-order valence-corrected chi connectivity index (χ2v) is 4.73. The molecule has 0 aromatic heterocycles. The number of benzene rings is 1. The van der Waals surface area contributed by atoms with Gasteiger partial charge in [0.05, 0.1) is 0 Å². The van der Waals surface area contributed by atoms with Gasteiger partial charge in [0.2, 0.25) is 0 Å². The second kappa shape index (κ2) is 5.56. The average Bonchev–Trinajstić information content (AvgIpc) is 2.76. The third-order valence-electron chi connectivity index (χ3n) is 3.14. The third-order valence-corrected chi connectivity index (χ3v) is 3.14. The highest BCUT2D eigenvalue weighted by molar-refractivity contribution is 5.18. The van der Waals surface area contributed by atoms with E-state index in [9.17, 15) is 8.78 Å². The van der Waals surface area contributed by atoms with E-state index < -0.39 is 0 Å². The van der Waals surface area contributed by atoms with Crippen LogP contribution in [0, 0.1) is 11.6 Å². The molecule has 1 aromatic rings. The Balaban J connectivity index is 1.92. The van der Waals surface area contributed by atoms with Gasteiger partial charge in [-0.1, -0.05) is 0 Å². The van der Waals surface area contributed by atoms with Crippen molar-refractivity contribution >= 4 is 0 Å². The molecule has 1 aliphatic heterocycles. The van der Waals surface area contributed by atoms with Gasteiger partial charge >= 0.3 is 0 Å². The summed E-state index contributed by atoms with van der Waals surface area (Å²) in [6, 6.07) is 4.09. The van der Waals surface area contributed by atoms with Crippen LogP contribution >= 0.6 is 0 Å². The van der Waals surface area contributed by atoms with E-state index in [-0.39, 0.29) is 11.6 Å². The van der Waals surface area contributed by atoms with Gasteiger partial charge < -0.3 is 10.2 Å². The summed E-state index contributed by atoms with van der Waals surface area (Å²) in [7, 11) is 1.93. The third kappa shape index (κ3) is 3.48. The van der Waals surface area contributed by atoms with Crippen LogP contribution in [0.15, 0.2) is 18.2 Å². The van der Waals surface area contributed by atoms with Gasteiger partial charge in [0.15, 0.2) is 0 Å². The Kier molecular flexibility index (Phi) is 4.07. The maximum Gasteiger partial charge on any atom is 0.127 e. The van der Waals surface area contributed by atoms with E-state index in [1.165, 1.54) is 18.6 Å². The number of rotatable bonds is 4. The maximum absolute atomic E-state index is 13.4. The summed E-state index contributed by atoms with van der Waals surface area (Å²) in [6.45, 7) is 2.38. The zero-order valence-electron chi connectivity index (χ0n) is 10.0. The summed E-state index contributed by atoms with van der Waals surface area (Å²) in [5.41, 5.74) is 0.422. The summed E-state index contributed by atoms with van der Waals surface area (Å²) in [5, 5.41) is 3.39. The summed E-state index contributed by atoms with van der Waals surface area (Å²) in [5.74, 6) is -0.716. The Labute approximate surface area is 101 Å². The number of halogens is 2.